The zero-order valence-corrected chi connectivity index (χ0v) is 14.4. The molecular formula is C18H24N4O3. The number of aromatic nitrogens is 2. The Hall–Kier alpha value is -2.25. The van der Waals surface area contributed by atoms with E-state index >= 15 is 0 Å². The molecular weight excluding hydrogens is 320 g/mol. The quantitative estimate of drug-likeness (QED) is 0.643. The van der Waals surface area contributed by atoms with Crippen molar-refractivity contribution >= 4 is 5.69 Å². The zero-order chi connectivity index (χ0) is 17.8. The van der Waals surface area contributed by atoms with Gasteiger partial charge in [-0.15, -0.1) is 0 Å². The molecule has 0 saturated carbocycles. The second-order valence-electron chi connectivity index (χ2n) is 6.89. The smallest absolute Gasteiger partial charge is 0.269 e. The van der Waals surface area contributed by atoms with Crippen LogP contribution in [-0.2, 0) is 6.54 Å². The van der Waals surface area contributed by atoms with E-state index in [0.29, 0.717) is 13.1 Å². The molecule has 3 rings (SSSR count). The largest absolute Gasteiger partial charge is 0.390 e. The maximum Gasteiger partial charge on any atom is 0.269 e. The van der Waals surface area contributed by atoms with E-state index in [2.05, 4.69) is 16.9 Å². The van der Waals surface area contributed by atoms with Gasteiger partial charge in [-0.05, 0) is 49.5 Å². The van der Waals surface area contributed by atoms with E-state index in [4.69, 9.17) is 0 Å². The van der Waals surface area contributed by atoms with E-state index in [1.807, 2.05) is 6.20 Å². The molecule has 1 aromatic carbocycles. The summed E-state index contributed by atoms with van der Waals surface area (Å²) in [7, 11) is 0. The van der Waals surface area contributed by atoms with Crippen molar-refractivity contribution in [1.29, 1.82) is 0 Å². The van der Waals surface area contributed by atoms with E-state index in [0.717, 1.165) is 30.1 Å². The number of non-ortho nitro benzene ring substituents is 1. The molecule has 134 valence electrons. The maximum atomic E-state index is 10.7. The molecule has 7 heteroatoms. The average Bonchev–Trinajstić information content (AvgIpc) is 3.05. The first-order chi connectivity index (χ1) is 12.0. The van der Waals surface area contributed by atoms with Crippen LogP contribution < -0.4 is 0 Å². The summed E-state index contributed by atoms with van der Waals surface area (Å²) in [5, 5.41) is 25.3. The SMILES string of the molecule is CC1CCN(C[C@H](O)Cn2cc(-c3ccc([N+](=O)[O-])cc3)cn2)CC1. The average molecular weight is 344 g/mol. The number of piperidine rings is 1. The number of nitro benzene ring substituents is 1. The number of nitrogens with zero attached hydrogens (tertiary/aromatic N) is 4. The molecule has 0 bridgehead atoms. The molecule has 0 amide bonds. The summed E-state index contributed by atoms with van der Waals surface area (Å²) < 4.78 is 1.73. The van der Waals surface area contributed by atoms with E-state index in [1.54, 1.807) is 23.0 Å². The predicted octanol–water partition coefficient (Wildman–Crippen LogP) is 2.55. The first kappa shape index (κ1) is 17.6. The third-order valence-corrected chi connectivity index (χ3v) is 4.79. The molecule has 1 fully saturated rings. The number of aliphatic hydroxyl groups is 1. The molecule has 1 aromatic heterocycles. The van der Waals surface area contributed by atoms with Crippen molar-refractivity contribution in [3.63, 3.8) is 0 Å². The van der Waals surface area contributed by atoms with Crippen LogP contribution in [0.15, 0.2) is 36.7 Å². The molecule has 1 saturated heterocycles. The second-order valence-corrected chi connectivity index (χ2v) is 6.89. The van der Waals surface area contributed by atoms with Gasteiger partial charge in [-0.1, -0.05) is 6.92 Å². The van der Waals surface area contributed by atoms with Crippen LogP contribution in [0.25, 0.3) is 11.1 Å². The molecule has 1 aliphatic heterocycles. The number of nitro groups is 1. The van der Waals surface area contributed by atoms with Crippen LogP contribution in [0.3, 0.4) is 0 Å². The summed E-state index contributed by atoms with van der Waals surface area (Å²) in [6, 6.07) is 6.40. The number of likely N-dealkylation sites (tertiary alicyclic amines) is 1. The van der Waals surface area contributed by atoms with E-state index in [9.17, 15) is 15.2 Å². The van der Waals surface area contributed by atoms with Crippen molar-refractivity contribution in [2.24, 2.45) is 5.92 Å². The lowest BCUT2D eigenvalue weighted by Gasteiger charge is -2.31. The van der Waals surface area contributed by atoms with Crippen LogP contribution >= 0.6 is 0 Å². The Kier molecular flexibility index (Phi) is 5.45. The Morgan fingerprint density at radius 1 is 1.24 bits per heavy atom. The van der Waals surface area contributed by atoms with E-state index < -0.39 is 11.0 Å². The number of β-amino-alcohol motifs (C(OH)–C–C–N with tert-alkyl or cyclic N) is 1. The number of aliphatic hydroxyl groups excluding tert-OH is 1. The first-order valence-electron chi connectivity index (χ1n) is 8.69. The van der Waals surface area contributed by atoms with Gasteiger partial charge < -0.3 is 10.0 Å². The van der Waals surface area contributed by atoms with Crippen LogP contribution in [-0.4, -0.2) is 50.4 Å². The summed E-state index contributed by atoms with van der Waals surface area (Å²) in [6.07, 6.45) is 5.51. The molecule has 1 aliphatic rings. The fraction of sp³-hybridized carbons (Fsp3) is 0.500. The van der Waals surface area contributed by atoms with Gasteiger partial charge in [-0.25, -0.2) is 0 Å². The lowest BCUT2D eigenvalue weighted by Crippen LogP contribution is -2.39. The molecule has 0 radical (unpaired) electrons. The molecule has 0 aliphatic carbocycles. The van der Waals surface area contributed by atoms with Gasteiger partial charge in [0.15, 0.2) is 0 Å². The van der Waals surface area contributed by atoms with Gasteiger partial charge in [0.25, 0.3) is 5.69 Å². The van der Waals surface area contributed by atoms with Gasteiger partial charge >= 0.3 is 0 Å². The molecule has 1 N–H and O–H groups in total. The van der Waals surface area contributed by atoms with Crippen LogP contribution in [0.1, 0.15) is 19.8 Å². The summed E-state index contributed by atoms with van der Waals surface area (Å²) in [6.45, 7) is 5.48. The van der Waals surface area contributed by atoms with Gasteiger partial charge in [-0.3, -0.25) is 14.8 Å². The Bertz CT molecular complexity index is 705. The number of hydrogen-bond donors (Lipinski definition) is 1. The lowest BCUT2D eigenvalue weighted by atomic mass is 9.99. The van der Waals surface area contributed by atoms with Crippen LogP contribution in [0.2, 0.25) is 0 Å². The van der Waals surface area contributed by atoms with Crippen molar-refractivity contribution < 1.29 is 10.0 Å². The Balaban J connectivity index is 1.56. The molecule has 0 spiro atoms. The van der Waals surface area contributed by atoms with Crippen molar-refractivity contribution in [3.8, 4) is 11.1 Å². The molecule has 2 aromatic rings. The Morgan fingerprint density at radius 3 is 2.56 bits per heavy atom. The highest BCUT2D eigenvalue weighted by Gasteiger charge is 2.18. The molecule has 7 nitrogen and oxygen atoms in total. The zero-order valence-electron chi connectivity index (χ0n) is 14.4. The molecule has 25 heavy (non-hydrogen) atoms. The Morgan fingerprint density at radius 2 is 1.92 bits per heavy atom. The fourth-order valence-electron chi connectivity index (χ4n) is 3.20. The number of rotatable bonds is 6. The third kappa shape index (κ3) is 4.64. The molecule has 1 atom stereocenters. The normalized spacial score (nSPS) is 17.5. The topological polar surface area (TPSA) is 84.4 Å². The van der Waals surface area contributed by atoms with E-state index in [1.165, 1.54) is 25.0 Å². The van der Waals surface area contributed by atoms with Gasteiger partial charge in [0.2, 0.25) is 0 Å². The van der Waals surface area contributed by atoms with Gasteiger partial charge in [0, 0.05) is 30.4 Å². The lowest BCUT2D eigenvalue weighted by molar-refractivity contribution is -0.384. The number of benzene rings is 1. The fourth-order valence-corrected chi connectivity index (χ4v) is 3.20. The monoisotopic (exact) mass is 344 g/mol. The Labute approximate surface area is 147 Å². The summed E-state index contributed by atoms with van der Waals surface area (Å²) in [5.74, 6) is 0.781. The summed E-state index contributed by atoms with van der Waals surface area (Å²) >= 11 is 0. The van der Waals surface area contributed by atoms with Gasteiger partial charge in [0.05, 0.1) is 23.8 Å². The highest BCUT2D eigenvalue weighted by molar-refractivity contribution is 5.63. The third-order valence-electron chi connectivity index (χ3n) is 4.79. The highest BCUT2D eigenvalue weighted by Crippen LogP contribution is 2.22. The minimum atomic E-state index is -0.460. The standard InChI is InChI=1S/C18H24N4O3/c1-14-6-8-20(9-7-14)12-18(23)13-21-11-16(10-19-21)15-2-4-17(5-3-15)22(24)25/h2-5,10-11,14,18,23H,6-9,12-13H2,1H3/t18-/m0/s1. The minimum absolute atomic E-state index is 0.0717. The highest BCUT2D eigenvalue weighted by atomic mass is 16.6. The first-order valence-corrected chi connectivity index (χ1v) is 8.69. The summed E-state index contributed by atoms with van der Waals surface area (Å²) in [4.78, 5) is 12.6. The van der Waals surface area contributed by atoms with Crippen LogP contribution in [0.5, 0.6) is 0 Å². The van der Waals surface area contributed by atoms with Crippen molar-refractivity contribution in [2.75, 3.05) is 19.6 Å². The number of hydrogen-bond acceptors (Lipinski definition) is 5. The van der Waals surface area contributed by atoms with Crippen molar-refractivity contribution in [2.45, 2.75) is 32.4 Å². The minimum Gasteiger partial charge on any atom is -0.390 e. The van der Waals surface area contributed by atoms with E-state index in [-0.39, 0.29) is 5.69 Å². The maximum absolute atomic E-state index is 10.7. The van der Waals surface area contributed by atoms with Crippen molar-refractivity contribution in [1.82, 2.24) is 14.7 Å². The molecule has 2 heterocycles. The van der Waals surface area contributed by atoms with Gasteiger partial charge in [-0.2, -0.15) is 5.10 Å². The van der Waals surface area contributed by atoms with Crippen LogP contribution in [0, 0.1) is 16.0 Å². The van der Waals surface area contributed by atoms with Crippen molar-refractivity contribution in [3.05, 3.63) is 46.8 Å². The van der Waals surface area contributed by atoms with Gasteiger partial charge in [0.1, 0.15) is 0 Å². The second kappa shape index (κ2) is 7.76. The molecule has 0 unspecified atom stereocenters. The summed E-state index contributed by atoms with van der Waals surface area (Å²) in [5.41, 5.74) is 1.83. The predicted molar refractivity (Wildman–Crippen MR) is 95.2 cm³/mol. The van der Waals surface area contributed by atoms with Crippen LogP contribution in [0.4, 0.5) is 5.69 Å².